The van der Waals surface area contributed by atoms with Gasteiger partial charge in [0.2, 0.25) is 0 Å². The predicted octanol–water partition coefficient (Wildman–Crippen LogP) is 2.24. The number of aliphatic hydroxyl groups is 1. The highest BCUT2D eigenvalue weighted by molar-refractivity contribution is 7.90. The third-order valence-corrected chi connectivity index (χ3v) is 8.46. The van der Waals surface area contributed by atoms with Gasteiger partial charge in [0.1, 0.15) is 5.75 Å². The largest absolute Gasteiger partial charge is 0.495 e. The van der Waals surface area contributed by atoms with Crippen molar-refractivity contribution in [2.45, 2.75) is 35.2 Å². The molecule has 3 heterocycles. The van der Waals surface area contributed by atoms with Crippen LogP contribution in [0.15, 0.2) is 53.6 Å². The SMILES string of the molecule is COc1cnc2c(c1)cc(C(O)CC1CC(S(C)=O)CO1)n2S(=O)(=O)c1ccccc1. The highest BCUT2D eigenvalue weighted by Gasteiger charge is 2.33. The smallest absolute Gasteiger partial charge is 0.269 e. The van der Waals surface area contributed by atoms with Crippen LogP contribution in [0.1, 0.15) is 24.6 Å². The van der Waals surface area contributed by atoms with Crippen LogP contribution in [0, 0.1) is 0 Å². The fourth-order valence-electron chi connectivity index (χ4n) is 3.80. The molecule has 0 bridgehead atoms. The molecule has 1 saturated heterocycles. The molecule has 8 nitrogen and oxygen atoms in total. The van der Waals surface area contributed by atoms with Crippen molar-refractivity contribution in [3.05, 3.63) is 54.4 Å². The maximum Gasteiger partial charge on any atom is 0.269 e. The first-order valence-electron chi connectivity index (χ1n) is 9.79. The summed E-state index contributed by atoms with van der Waals surface area (Å²) in [6.07, 6.45) is 2.39. The number of ether oxygens (including phenoxy) is 2. The molecule has 1 fully saturated rings. The van der Waals surface area contributed by atoms with E-state index >= 15 is 0 Å². The monoisotopic (exact) mass is 464 g/mol. The fraction of sp³-hybridized carbons (Fsp3) is 0.381. The summed E-state index contributed by atoms with van der Waals surface area (Å²) in [6, 6.07) is 11.3. The second-order valence-electron chi connectivity index (χ2n) is 7.50. The first-order valence-corrected chi connectivity index (χ1v) is 12.8. The fourth-order valence-corrected chi connectivity index (χ4v) is 6.10. The topological polar surface area (TPSA) is 108 Å². The number of nitrogens with zero attached hydrogens (tertiary/aromatic N) is 2. The van der Waals surface area contributed by atoms with Crippen LogP contribution in [0.2, 0.25) is 0 Å². The van der Waals surface area contributed by atoms with Gasteiger partial charge in [0.15, 0.2) is 5.65 Å². The minimum atomic E-state index is -4.01. The molecule has 0 saturated carbocycles. The minimum Gasteiger partial charge on any atom is -0.495 e. The number of methoxy groups -OCH3 is 1. The molecule has 3 aromatic rings. The van der Waals surface area contributed by atoms with Crippen LogP contribution in [-0.4, -0.2) is 58.0 Å². The van der Waals surface area contributed by atoms with E-state index in [2.05, 4.69) is 4.98 Å². The number of benzene rings is 1. The van der Waals surface area contributed by atoms with Gasteiger partial charge in [-0.3, -0.25) is 4.21 Å². The molecule has 1 aliphatic rings. The van der Waals surface area contributed by atoms with E-state index in [1.807, 2.05) is 0 Å². The number of aliphatic hydroxyl groups excluding tert-OH is 1. The maximum absolute atomic E-state index is 13.5. The van der Waals surface area contributed by atoms with Gasteiger partial charge in [-0.2, -0.15) is 0 Å². The summed E-state index contributed by atoms with van der Waals surface area (Å²) in [4.78, 5) is 4.38. The average Bonchev–Trinajstić information content (AvgIpc) is 3.38. The summed E-state index contributed by atoms with van der Waals surface area (Å²) in [5, 5.41) is 11.5. The van der Waals surface area contributed by atoms with Crippen LogP contribution in [0.25, 0.3) is 11.0 Å². The Bertz CT molecular complexity index is 1210. The van der Waals surface area contributed by atoms with E-state index in [0.29, 0.717) is 24.2 Å². The van der Waals surface area contributed by atoms with E-state index in [-0.39, 0.29) is 34.0 Å². The van der Waals surface area contributed by atoms with E-state index in [0.717, 1.165) is 3.97 Å². The summed E-state index contributed by atoms with van der Waals surface area (Å²) >= 11 is 0. The van der Waals surface area contributed by atoms with Gasteiger partial charge in [-0.05, 0) is 30.7 Å². The summed E-state index contributed by atoms with van der Waals surface area (Å²) in [5.74, 6) is 0.482. The predicted molar refractivity (Wildman–Crippen MR) is 117 cm³/mol. The quantitative estimate of drug-likeness (QED) is 0.571. The van der Waals surface area contributed by atoms with Crippen molar-refractivity contribution in [2.75, 3.05) is 20.0 Å². The Morgan fingerprint density at radius 1 is 1.32 bits per heavy atom. The molecule has 0 amide bonds. The van der Waals surface area contributed by atoms with Gasteiger partial charge in [0.25, 0.3) is 10.0 Å². The Morgan fingerprint density at radius 3 is 2.71 bits per heavy atom. The molecule has 1 N–H and O–H groups in total. The summed E-state index contributed by atoms with van der Waals surface area (Å²) in [6.45, 7) is 0.366. The molecular formula is C21H24N2O6S2. The van der Waals surface area contributed by atoms with Crippen molar-refractivity contribution in [2.24, 2.45) is 0 Å². The van der Waals surface area contributed by atoms with Crippen LogP contribution in [-0.2, 0) is 25.6 Å². The van der Waals surface area contributed by atoms with Crippen molar-refractivity contribution >= 4 is 31.9 Å². The third-order valence-electron chi connectivity index (χ3n) is 5.46. The van der Waals surface area contributed by atoms with E-state index in [1.165, 1.54) is 25.4 Å². The van der Waals surface area contributed by atoms with Crippen molar-refractivity contribution in [1.82, 2.24) is 8.96 Å². The Morgan fingerprint density at radius 2 is 2.06 bits per heavy atom. The van der Waals surface area contributed by atoms with Crippen LogP contribution >= 0.6 is 0 Å². The molecule has 0 spiro atoms. The Kier molecular flexibility index (Phi) is 6.16. The van der Waals surface area contributed by atoms with E-state index in [9.17, 15) is 17.7 Å². The third kappa shape index (κ3) is 4.25. The molecule has 1 aromatic carbocycles. The minimum absolute atomic E-state index is 0.0814. The van der Waals surface area contributed by atoms with Crippen molar-refractivity contribution in [1.29, 1.82) is 0 Å². The van der Waals surface area contributed by atoms with E-state index in [1.54, 1.807) is 36.6 Å². The summed E-state index contributed by atoms with van der Waals surface area (Å²) < 4.78 is 50.7. The van der Waals surface area contributed by atoms with Crippen LogP contribution in [0.5, 0.6) is 5.75 Å². The Balaban J connectivity index is 1.77. The molecule has 166 valence electrons. The van der Waals surface area contributed by atoms with Gasteiger partial charge in [-0.1, -0.05) is 18.2 Å². The molecule has 4 atom stereocenters. The van der Waals surface area contributed by atoms with Gasteiger partial charge in [0.05, 0.1) is 48.0 Å². The number of hydrogen-bond donors (Lipinski definition) is 1. The van der Waals surface area contributed by atoms with Gasteiger partial charge in [-0.15, -0.1) is 0 Å². The van der Waals surface area contributed by atoms with Crippen LogP contribution < -0.4 is 4.74 Å². The number of aromatic nitrogens is 2. The number of pyridine rings is 1. The molecule has 2 aromatic heterocycles. The molecule has 0 aliphatic carbocycles. The first kappa shape index (κ1) is 21.9. The zero-order valence-corrected chi connectivity index (χ0v) is 18.8. The summed E-state index contributed by atoms with van der Waals surface area (Å²) in [5.41, 5.74) is 0.405. The van der Waals surface area contributed by atoms with Gasteiger partial charge < -0.3 is 14.6 Å². The van der Waals surface area contributed by atoms with Crippen LogP contribution in [0.4, 0.5) is 0 Å². The molecule has 10 heteroatoms. The average molecular weight is 465 g/mol. The molecule has 31 heavy (non-hydrogen) atoms. The van der Waals surface area contributed by atoms with Crippen molar-refractivity contribution in [3.8, 4) is 5.75 Å². The second kappa shape index (κ2) is 8.70. The van der Waals surface area contributed by atoms with Gasteiger partial charge >= 0.3 is 0 Å². The lowest BCUT2D eigenvalue weighted by atomic mass is 10.1. The number of hydrogen-bond acceptors (Lipinski definition) is 7. The van der Waals surface area contributed by atoms with Crippen molar-refractivity contribution in [3.63, 3.8) is 0 Å². The lowest BCUT2D eigenvalue weighted by Gasteiger charge is -2.18. The highest BCUT2D eigenvalue weighted by atomic mass is 32.2. The van der Waals surface area contributed by atoms with Gasteiger partial charge in [-0.25, -0.2) is 17.4 Å². The zero-order valence-electron chi connectivity index (χ0n) is 17.2. The number of fused-ring (bicyclic) bond motifs is 1. The first-order chi connectivity index (χ1) is 14.8. The Hall–Kier alpha value is -2.27. The highest BCUT2D eigenvalue weighted by Crippen LogP contribution is 2.33. The standard InChI is InChI=1S/C21H24N2O6S2/c1-28-16-8-14-9-19(20(24)11-15-10-17(13-29-15)30(2)25)23(21(14)22-12-16)31(26,27)18-6-4-3-5-7-18/h3-9,12,15,17,20,24H,10-11,13H2,1-2H3. The molecule has 1 aliphatic heterocycles. The second-order valence-corrected chi connectivity index (χ2v) is 11.0. The maximum atomic E-state index is 13.5. The van der Waals surface area contributed by atoms with E-state index < -0.39 is 26.9 Å². The zero-order chi connectivity index (χ0) is 22.2. The molecule has 4 rings (SSSR count). The van der Waals surface area contributed by atoms with E-state index in [4.69, 9.17) is 9.47 Å². The normalized spacial score (nSPS) is 21.3. The number of rotatable bonds is 7. The Labute approximate surface area is 183 Å². The lowest BCUT2D eigenvalue weighted by molar-refractivity contribution is 0.0518. The summed E-state index contributed by atoms with van der Waals surface area (Å²) in [7, 11) is -3.52. The van der Waals surface area contributed by atoms with Gasteiger partial charge in [0, 0.05) is 28.9 Å². The molecule has 4 unspecified atom stereocenters. The lowest BCUT2D eigenvalue weighted by Crippen LogP contribution is -2.20. The molecule has 0 radical (unpaired) electrons. The van der Waals surface area contributed by atoms with Crippen LogP contribution in [0.3, 0.4) is 0 Å². The molecular weight excluding hydrogens is 440 g/mol. The van der Waals surface area contributed by atoms with Crippen molar-refractivity contribution < 1.29 is 27.2 Å².